The van der Waals surface area contributed by atoms with E-state index in [4.69, 9.17) is 25.8 Å². The van der Waals surface area contributed by atoms with Gasteiger partial charge in [0, 0.05) is 7.05 Å². The highest BCUT2D eigenvalue weighted by Gasteiger charge is 2.23. The molecule has 2 aromatic rings. The van der Waals surface area contributed by atoms with Crippen molar-refractivity contribution in [2.75, 3.05) is 26.8 Å². The van der Waals surface area contributed by atoms with Crippen molar-refractivity contribution < 1.29 is 23.4 Å². The topological polar surface area (TPSA) is 48.0 Å². The highest BCUT2D eigenvalue weighted by atomic mass is 35.5. The van der Waals surface area contributed by atoms with E-state index in [-0.39, 0.29) is 29.4 Å². The van der Waals surface area contributed by atoms with Gasteiger partial charge in [0.05, 0.1) is 11.6 Å². The second kappa shape index (κ2) is 7.61. The first-order valence-corrected chi connectivity index (χ1v) is 8.11. The fourth-order valence-electron chi connectivity index (χ4n) is 2.40. The zero-order valence-electron chi connectivity index (χ0n) is 13.6. The van der Waals surface area contributed by atoms with E-state index in [0.29, 0.717) is 24.7 Å². The van der Waals surface area contributed by atoms with Gasteiger partial charge in [-0.1, -0.05) is 23.7 Å². The molecule has 0 aromatic heterocycles. The molecular weight excluding hydrogens is 349 g/mol. The van der Waals surface area contributed by atoms with Crippen molar-refractivity contribution in [2.24, 2.45) is 0 Å². The number of carbonyl (C=O) groups excluding carboxylic acids is 1. The lowest BCUT2D eigenvalue weighted by molar-refractivity contribution is -0.133. The van der Waals surface area contributed by atoms with Crippen molar-refractivity contribution in [3.05, 3.63) is 53.3 Å². The fourth-order valence-corrected chi connectivity index (χ4v) is 2.62. The van der Waals surface area contributed by atoms with Crippen molar-refractivity contribution in [1.82, 2.24) is 4.90 Å². The Balaban J connectivity index is 1.51. The van der Waals surface area contributed by atoms with Gasteiger partial charge in [-0.3, -0.25) is 4.79 Å². The Labute approximate surface area is 149 Å². The second-order valence-corrected chi connectivity index (χ2v) is 6.04. The minimum Gasteiger partial charge on any atom is -0.486 e. The number of hydrogen-bond acceptors (Lipinski definition) is 4. The summed E-state index contributed by atoms with van der Waals surface area (Å²) in [4.78, 5) is 13.7. The number of nitrogens with zero attached hydrogens (tertiary/aromatic N) is 1. The minimum absolute atomic E-state index is 0.121. The smallest absolute Gasteiger partial charge is 0.260 e. The van der Waals surface area contributed by atoms with Crippen LogP contribution in [-0.2, 0) is 4.79 Å². The van der Waals surface area contributed by atoms with Gasteiger partial charge >= 0.3 is 0 Å². The lowest BCUT2D eigenvalue weighted by Gasteiger charge is -2.29. The van der Waals surface area contributed by atoms with E-state index in [1.54, 1.807) is 7.05 Å². The molecule has 1 atom stereocenters. The van der Waals surface area contributed by atoms with Gasteiger partial charge in [-0.05, 0) is 30.3 Å². The molecule has 0 spiro atoms. The monoisotopic (exact) mass is 365 g/mol. The molecule has 0 fully saturated rings. The number of carbonyl (C=O) groups is 1. The number of likely N-dealkylation sites (N-methyl/N-ethyl adjacent to an activating group) is 1. The zero-order chi connectivity index (χ0) is 17.8. The molecule has 25 heavy (non-hydrogen) atoms. The van der Waals surface area contributed by atoms with Crippen LogP contribution < -0.4 is 14.2 Å². The fraction of sp³-hybridized carbons (Fsp3) is 0.278. The summed E-state index contributed by atoms with van der Waals surface area (Å²) in [5, 5.41) is 0.121. The Bertz CT molecular complexity index is 770. The van der Waals surface area contributed by atoms with Crippen LogP contribution in [0.3, 0.4) is 0 Å². The minimum atomic E-state index is -0.462. The van der Waals surface area contributed by atoms with Crippen LogP contribution in [0, 0.1) is 5.82 Å². The summed E-state index contributed by atoms with van der Waals surface area (Å²) in [5.41, 5.74) is 0. The van der Waals surface area contributed by atoms with E-state index in [9.17, 15) is 9.18 Å². The maximum Gasteiger partial charge on any atom is 0.260 e. The van der Waals surface area contributed by atoms with Gasteiger partial charge in [0.25, 0.3) is 5.91 Å². The molecule has 0 unspecified atom stereocenters. The zero-order valence-corrected chi connectivity index (χ0v) is 14.3. The number of amides is 1. The van der Waals surface area contributed by atoms with Crippen LogP contribution in [0.15, 0.2) is 42.5 Å². The molecule has 7 heteroatoms. The molecule has 1 aliphatic rings. The van der Waals surface area contributed by atoms with E-state index in [1.807, 2.05) is 24.3 Å². The summed E-state index contributed by atoms with van der Waals surface area (Å²) in [6.45, 7) is 0.513. The molecule has 0 saturated carbocycles. The Hall–Kier alpha value is -2.47. The quantitative estimate of drug-likeness (QED) is 0.816. The standard InChI is InChI=1S/C18H17ClFNO4/c1-21(9-13-10-23-16-4-2-3-5-17(16)25-13)18(22)11-24-15-7-6-12(20)8-14(15)19/h2-8,13H,9-11H2,1H3/t13-/m1/s1. The SMILES string of the molecule is CN(C[C@@H]1COc2ccccc2O1)C(=O)COc1ccc(F)cc1Cl. The number of para-hydroxylation sites is 2. The number of ether oxygens (including phenoxy) is 3. The van der Waals surface area contributed by atoms with Crippen LogP contribution in [0.2, 0.25) is 5.02 Å². The molecule has 3 rings (SSSR count). The molecule has 1 heterocycles. The summed E-state index contributed by atoms with van der Waals surface area (Å²) in [6, 6.07) is 11.1. The van der Waals surface area contributed by atoms with Gasteiger partial charge in [0.1, 0.15) is 18.2 Å². The van der Waals surface area contributed by atoms with Gasteiger partial charge in [0.2, 0.25) is 0 Å². The highest BCUT2D eigenvalue weighted by molar-refractivity contribution is 6.32. The highest BCUT2D eigenvalue weighted by Crippen LogP contribution is 2.31. The average molecular weight is 366 g/mol. The van der Waals surface area contributed by atoms with Gasteiger partial charge < -0.3 is 19.1 Å². The first-order valence-electron chi connectivity index (χ1n) is 7.73. The molecule has 0 bridgehead atoms. The third-order valence-electron chi connectivity index (χ3n) is 3.72. The van der Waals surface area contributed by atoms with E-state index < -0.39 is 5.82 Å². The number of rotatable bonds is 5. The van der Waals surface area contributed by atoms with E-state index in [0.717, 1.165) is 6.07 Å². The molecule has 5 nitrogen and oxygen atoms in total. The maximum atomic E-state index is 13.0. The molecule has 1 amide bonds. The first kappa shape index (κ1) is 17.4. The molecule has 1 aliphatic heterocycles. The van der Waals surface area contributed by atoms with Crippen LogP contribution in [0.1, 0.15) is 0 Å². The summed E-state index contributed by atoms with van der Waals surface area (Å²) < 4.78 is 29.8. The second-order valence-electron chi connectivity index (χ2n) is 5.64. The van der Waals surface area contributed by atoms with Crippen molar-refractivity contribution in [1.29, 1.82) is 0 Å². The molecule has 132 valence electrons. The summed E-state index contributed by atoms with van der Waals surface area (Å²) >= 11 is 5.87. The van der Waals surface area contributed by atoms with Crippen molar-refractivity contribution in [3.63, 3.8) is 0 Å². The number of fused-ring (bicyclic) bond motifs is 1. The Morgan fingerprint density at radius 2 is 2.08 bits per heavy atom. The average Bonchev–Trinajstić information content (AvgIpc) is 2.60. The Kier molecular flexibility index (Phi) is 5.28. The van der Waals surface area contributed by atoms with Gasteiger partial charge in [-0.2, -0.15) is 0 Å². The van der Waals surface area contributed by atoms with E-state index in [1.165, 1.54) is 17.0 Å². The molecule has 0 aliphatic carbocycles. The molecule has 2 aromatic carbocycles. The van der Waals surface area contributed by atoms with Crippen LogP contribution >= 0.6 is 11.6 Å². The number of hydrogen-bond donors (Lipinski definition) is 0. The van der Waals surface area contributed by atoms with Crippen LogP contribution in [0.25, 0.3) is 0 Å². The first-order chi connectivity index (χ1) is 12.0. The Morgan fingerprint density at radius 1 is 1.32 bits per heavy atom. The molecular formula is C18H17ClFNO4. The molecule has 0 saturated heterocycles. The van der Waals surface area contributed by atoms with Gasteiger partial charge in [0.15, 0.2) is 24.2 Å². The summed E-state index contributed by atoms with van der Waals surface area (Å²) in [7, 11) is 1.65. The number of benzene rings is 2. The van der Waals surface area contributed by atoms with Crippen LogP contribution in [0.4, 0.5) is 4.39 Å². The van der Waals surface area contributed by atoms with Crippen molar-refractivity contribution >= 4 is 17.5 Å². The third kappa shape index (κ3) is 4.33. The summed E-state index contributed by atoms with van der Waals surface area (Å²) in [6.07, 6.45) is -0.266. The van der Waals surface area contributed by atoms with E-state index >= 15 is 0 Å². The van der Waals surface area contributed by atoms with Crippen molar-refractivity contribution in [2.45, 2.75) is 6.10 Å². The molecule has 0 radical (unpaired) electrons. The predicted molar refractivity (Wildman–Crippen MR) is 90.9 cm³/mol. The number of halogens is 2. The third-order valence-corrected chi connectivity index (χ3v) is 4.01. The Morgan fingerprint density at radius 3 is 2.84 bits per heavy atom. The normalized spacial score (nSPS) is 15.6. The van der Waals surface area contributed by atoms with Crippen LogP contribution in [0.5, 0.6) is 17.2 Å². The van der Waals surface area contributed by atoms with Crippen LogP contribution in [-0.4, -0.2) is 43.7 Å². The predicted octanol–water partition coefficient (Wildman–Crippen LogP) is 3.16. The molecule has 0 N–H and O–H groups in total. The lowest BCUT2D eigenvalue weighted by atomic mass is 10.2. The largest absolute Gasteiger partial charge is 0.486 e. The lowest BCUT2D eigenvalue weighted by Crippen LogP contribution is -2.43. The van der Waals surface area contributed by atoms with Gasteiger partial charge in [-0.25, -0.2) is 4.39 Å². The maximum absolute atomic E-state index is 13.0. The van der Waals surface area contributed by atoms with Gasteiger partial charge in [-0.15, -0.1) is 0 Å². The summed E-state index contributed by atoms with van der Waals surface area (Å²) in [5.74, 6) is 0.908. The van der Waals surface area contributed by atoms with Crippen molar-refractivity contribution in [3.8, 4) is 17.2 Å². The van der Waals surface area contributed by atoms with E-state index in [2.05, 4.69) is 0 Å².